The van der Waals surface area contributed by atoms with Crippen LogP contribution in [0.2, 0.25) is 0 Å². The molecule has 0 aliphatic heterocycles. The van der Waals surface area contributed by atoms with E-state index in [1.54, 1.807) is 6.20 Å². The smallest absolute Gasteiger partial charge is 0.207 e. The minimum atomic E-state index is 0.139. The summed E-state index contributed by atoms with van der Waals surface area (Å²) >= 11 is 3.43. The molecule has 0 N–H and O–H groups in total. The molecule has 0 radical (unpaired) electrons. The second-order valence-electron chi connectivity index (χ2n) is 5.00. The quantitative estimate of drug-likeness (QED) is 0.788. The summed E-state index contributed by atoms with van der Waals surface area (Å²) in [6, 6.07) is 0. The molecule has 0 aromatic carbocycles. The molecule has 2 rings (SSSR count). The number of ketones is 1. The van der Waals surface area contributed by atoms with Crippen LogP contribution in [-0.4, -0.2) is 15.6 Å². The molecule has 1 unspecified atom stereocenters. The van der Waals surface area contributed by atoms with E-state index >= 15 is 0 Å². The molecule has 1 aromatic heterocycles. The Hall–Kier alpha value is -0.900. The second kappa shape index (κ2) is 5.83. The van der Waals surface area contributed by atoms with E-state index in [2.05, 4.69) is 41.0 Å². The minimum Gasteiger partial charge on any atom is -0.287 e. The van der Waals surface area contributed by atoms with Crippen molar-refractivity contribution in [3.05, 3.63) is 28.0 Å². The summed E-state index contributed by atoms with van der Waals surface area (Å²) in [5, 5.41) is 4.26. The Morgan fingerprint density at radius 1 is 1.61 bits per heavy atom. The van der Waals surface area contributed by atoms with Crippen molar-refractivity contribution in [1.29, 1.82) is 0 Å². The van der Waals surface area contributed by atoms with Crippen LogP contribution in [0.25, 0.3) is 0 Å². The molecule has 1 aliphatic rings. The number of carbonyl (C=O) groups is 1. The summed E-state index contributed by atoms with van der Waals surface area (Å²) in [7, 11) is 0. The molecule has 1 aromatic rings. The van der Waals surface area contributed by atoms with Gasteiger partial charge in [0.2, 0.25) is 5.78 Å². The van der Waals surface area contributed by atoms with Gasteiger partial charge >= 0.3 is 0 Å². The highest BCUT2D eigenvalue weighted by molar-refractivity contribution is 9.10. The number of aryl methyl sites for hydroxylation is 1. The SMILES string of the molecule is CCCn1ncc(Br)c1C(=O)C1=CCC(C)CC1. The molecule has 0 bridgehead atoms. The Morgan fingerprint density at radius 2 is 2.39 bits per heavy atom. The summed E-state index contributed by atoms with van der Waals surface area (Å²) in [6.45, 7) is 5.11. The molecular weight excluding hydrogens is 292 g/mol. The van der Waals surface area contributed by atoms with Crippen LogP contribution in [0.4, 0.5) is 0 Å². The lowest BCUT2D eigenvalue weighted by atomic mass is 9.88. The highest BCUT2D eigenvalue weighted by Gasteiger charge is 2.22. The van der Waals surface area contributed by atoms with Crippen LogP contribution in [0.5, 0.6) is 0 Å². The fourth-order valence-corrected chi connectivity index (χ4v) is 2.77. The summed E-state index contributed by atoms with van der Waals surface area (Å²) in [5.74, 6) is 0.838. The molecule has 4 heteroatoms. The van der Waals surface area contributed by atoms with Crippen LogP contribution in [0.1, 0.15) is 50.0 Å². The highest BCUT2D eigenvalue weighted by atomic mass is 79.9. The van der Waals surface area contributed by atoms with Crippen LogP contribution in [0.3, 0.4) is 0 Å². The zero-order valence-electron chi connectivity index (χ0n) is 10.9. The van der Waals surface area contributed by atoms with Crippen LogP contribution < -0.4 is 0 Å². The predicted octanol–water partition coefficient (Wildman–Crippen LogP) is 3.98. The van der Waals surface area contributed by atoms with E-state index in [9.17, 15) is 4.79 Å². The lowest BCUT2D eigenvalue weighted by molar-refractivity contribution is 0.101. The van der Waals surface area contributed by atoms with Crippen molar-refractivity contribution in [3.63, 3.8) is 0 Å². The number of halogens is 1. The van der Waals surface area contributed by atoms with Gasteiger partial charge in [-0.3, -0.25) is 9.48 Å². The van der Waals surface area contributed by atoms with Crippen molar-refractivity contribution in [3.8, 4) is 0 Å². The standard InChI is InChI=1S/C14H19BrN2O/c1-3-8-17-13(12(15)9-16-17)14(18)11-6-4-10(2)5-7-11/h6,9-10H,3-5,7-8H2,1-2H3. The molecule has 1 heterocycles. The molecule has 0 saturated heterocycles. The predicted molar refractivity (Wildman–Crippen MR) is 75.6 cm³/mol. The largest absolute Gasteiger partial charge is 0.287 e. The first kappa shape index (κ1) is 13.5. The summed E-state index contributed by atoms with van der Waals surface area (Å²) in [6.07, 6.45) is 7.81. The van der Waals surface area contributed by atoms with E-state index in [4.69, 9.17) is 0 Å². The maximum atomic E-state index is 12.5. The number of rotatable bonds is 4. The molecular formula is C14H19BrN2O. The van der Waals surface area contributed by atoms with Crippen molar-refractivity contribution < 1.29 is 4.79 Å². The third-order valence-electron chi connectivity index (χ3n) is 3.41. The first-order valence-electron chi connectivity index (χ1n) is 6.58. The van der Waals surface area contributed by atoms with E-state index in [0.717, 1.165) is 42.3 Å². The summed E-state index contributed by atoms with van der Waals surface area (Å²) in [4.78, 5) is 12.5. The van der Waals surface area contributed by atoms with Gasteiger partial charge < -0.3 is 0 Å². The highest BCUT2D eigenvalue weighted by Crippen LogP contribution is 2.27. The molecule has 98 valence electrons. The summed E-state index contributed by atoms with van der Waals surface area (Å²) in [5.41, 5.74) is 1.66. The lowest BCUT2D eigenvalue weighted by Gasteiger charge is -2.17. The van der Waals surface area contributed by atoms with E-state index in [-0.39, 0.29) is 5.78 Å². The van der Waals surface area contributed by atoms with Crippen molar-refractivity contribution >= 4 is 21.7 Å². The van der Waals surface area contributed by atoms with E-state index < -0.39 is 0 Å². The van der Waals surface area contributed by atoms with Crippen LogP contribution in [0.15, 0.2) is 22.3 Å². The van der Waals surface area contributed by atoms with Crippen molar-refractivity contribution in [2.24, 2.45) is 5.92 Å². The Morgan fingerprint density at radius 3 is 3.00 bits per heavy atom. The zero-order valence-corrected chi connectivity index (χ0v) is 12.5. The maximum absolute atomic E-state index is 12.5. The Kier molecular flexibility index (Phi) is 4.38. The third kappa shape index (κ3) is 2.74. The van der Waals surface area contributed by atoms with Gasteiger partial charge in [-0.05, 0) is 53.1 Å². The van der Waals surface area contributed by atoms with Gasteiger partial charge in [-0.15, -0.1) is 0 Å². The van der Waals surface area contributed by atoms with Gasteiger partial charge in [0.1, 0.15) is 5.69 Å². The van der Waals surface area contributed by atoms with Crippen molar-refractivity contribution in [2.75, 3.05) is 0 Å². The maximum Gasteiger partial charge on any atom is 0.207 e. The van der Waals surface area contributed by atoms with Gasteiger partial charge in [-0.2, -0.15) is 5.10 Å². The van der Waals surface area contributed by atoms with Gasteiger partial charge in [0.25, 0.3) is 0 Å². The molecule has 0 fully saturated rings. The fraction of sp³-hybridized carbons (Fsp3) is 0.571. The summed E-state index contributed by atoms with van der Waals surface area (Å²) < 4.78 is 2.62. The Labute approximate surface area is 116 Å². The van der Waals surface area contributed by atoms with Crippen molar-refractivity contribution in [2.45, 2.75) is 46.1 Å². The molecule has 0 amide bonds. The Balaban J connectivity index is 2.26. The molecule has 3 nitrogen and oxygen atoms in total. The van der Waals surface area contributed by atoms with Gasteiger partial charge in [0.05, 0.1) is 10.7 Å². The number of carbonyl (C=O) groups excluding carboxylic acids is 1. The number of hydrogen-bond acceptors (Lipinski definition) is 2. The number of Topliss-reactive ketones (excluding diaryl/α,β-unsaturated/α-hetero) is 1. The third-order valence-corrected chi connectivity index (χ3v) is 3.99. The number of hydrogen-bond donors (Lipinski definition) is 0. The average Bonchev–Trinajstić information content (AvgIpc) is 2.71. The molecule has 0 saturated carbocycles. The van der Waals surface area contributed by atoms with Crippen molar-refractivity contribution in [1.82, 2.24) is 9.78 Å². The topological polar surface area (TPSA) is 34.9 Å². The van der Waals surface area contributed by atoms with E-state index in [0.29, 0.717) is 11.6 Å². The monoisotopic (exact) mass is 310 g/mol. The lowest BCUT2D eigenvalue weighted by Crippen LogP contribution is -2.15. The number of aromatic nitrogens is 2. The minimum absolute atomic E-state index is 0.139. The average molecular weight is 311 g/mol. The first-order valence-corrected chi connectivity index (χ1v) is 7.37. The Bertz CT molecular complexity index is 476. The van der Waals surface area contributed by atoms with Gasteiger partial charge in [0, 0.05) is 6.54 Å². The zero-order chi connectivity index (χ0) is 13.1. The van der Waals surface area contributed by atoms with E-state index in [1.165, 1.54) is 0 Å². The van der Waals surface area contributed by atoms with E-state index in [1.807, 2.05) is 4.68 Å². The normalized spacial score (nSPS) is 19.7. The van der Waals surface area contributed by atoms with Crippen LogP contribution in [0, 0.1) is 5.92 Å². The van der Waals surface area contributed by atoms with Gasteiger partial charge in [-0.25, -0.2) is 0 Å². The molecule has 1 atom stereocenters. The first-order chi connectivity index (χ1) is 8.63. The fourth-order valence-electron chi connectivity index (χ4n) is 2.29. The molecule has 18 heavy (non-hydrogen) atoms. The van der Waals surface area contributed by atoms with Gasteiger partial charge in [0.15, 0.2) is 0 Å². The number of nitrogens with zero attached hydrogens (tertiary/aromatic N) is 2. The van der Waals surface area contributed by atoms with Crippen LogP contribution in [-0.2, 0) is 6.54 Å². The van der Waals surface area contributed by atoms with Crippen LogP contribution >= 0.6 is 15.9 Å². The number of allylic oxidation sites excluding steroid dienone is 2. The van der Waals surface area contributed by atoms with Gasteiger partial charge in [-0.1, -0.05) is 19.9 Å². The molecule has 1 aliphatic carbocycles. The molecule has 0 spiro atoms. The second-order valence-corrected chi connectivity index (χ2v) is 5.86.